The normalized spacial score (nSPS) is 9.68. The Morgan fingerprint density at radius 1 is 1.27 bits per heavy atom. The Morgan fingerprint density at radius 2 is 2.00 bits per heavy atom. The first kappa shape index (κ1) is 17.8. The van der Waals surface area contributed by atoms with Gasteiger partial charge in [-0.2, -0.15) is 0 Å². The van der Waals surface area contributed by atoms with Gasteiger partial charge in [-0.3, -0.25) is 4.79 Å². The molecular formula is C15H19ClN3O3-. The molecule has 0 saturated heterocycles. The van der Waals surface area contributed by atoms with Gasteiger partial charge in [0.25, 0.3) is 5.91 Å². The van der Waals surface area contributed by atoms with Gasteiger partial charge in [0, 0.05) is 25.5 Å². The zero-order chi connectivity index (χ0) is 14.9. The minimum absolute atomic E-state index is 0. The van der Waals surface area contributed by atoms with Crippen molar-refractivity contribution < 1.29 is 26.7 Å². The fraction of sp³-hybridized carbons (Fsp3) is 0.333. The van der Waals surface area contributed by atoms with Gasteiger partial charge in [-0.1, -0.05) is 0 Å². The van der Waals surface area contributed by atoms with Crippen LogP contribution in [0.4, 0.5) is 0 Å². The molecule has 0 atom stereocenters. The molecule has 0 aliphatic carbocycles. The molecule has 0 bridgehead atoms. The Hall–Kier alpha value is -2.21. The number of imidazole rings is 1. The van der Waals surface area contributed by atoms with Crippen molar-refractivity contribution in [2.45, 2.75) is 13.0 Å². The third-order valence-electron chi connectivity index (χ3n) is 2.90. The summed E-state index contributed by atoms with van der Waals surface area (Å²) in [7, 11) is 1.60. The Labute approximate surface area is 135 Å². The molecule has 0 radical (unpaired) electrons. The fourth-order valence-electron chi connectivity index (χ4n) is 1.78. The Kier molecular flexibility index (Phi) is 7.85. The van der Waals surface area contributed by atoms with E-state index in [2.05, 4.69) is 10.3 Å². The molecule has 0 unspecified atom stereocenters. The van der Waals surface area contributed by atoms with Crippen molar-refractivity contribution in [1.82, 2.24) is 14.9 Å². The Bertz CT molecular complexity index is 544. The van der Waals surface area contributed by atoms with Crippen LogP contribution in [-0.4, -0.2) is 35.7 Å². The summed E-state index contributed by atoms with van der Waals surface area (Å²) < 4.78 is 12.4. The molecule has 1 aromatic carbocycles. The first-order valence-corrected chi connectivity index (χ1v) is 6.77. The number of carbonyl (C=O) groups excluding carboxylic acids is 1. The topological polar surface area (TPSA) is 65.4 Å². The van der Waals surface area contributed by atoms with Gasteiger partial charge >= 0.3 is 0 Å². The van der Waals surface area contributed by atoms with Crippen molar-refractivity contribution in [3.63, 3.8) is 0 Å². The zero-order valence-corrected chi connectivity index (χ0v) is 13.1. The van der Waals surface area contributed by atoms with E-state index in [9.17, 15) is 4.79 Å². The van der Waals surface area contributed by atoms with Crippen LogP contribution in [0.2, 0.25) is 0 Å². The maximum atomic E-state index is 11.6. The monoisotopic (exact) mass is 324 g/mol. The first-order valence-electron chi connectivity index (χ1n) is 6.77. The van der Waals surface area contributed by atoms with Crippen LogP contribution >= 0.6 is 0 Å². The second-order valence-electron chi connectivity index (χ2n) is 4.47. The minimum atomic E-state index is -0.128. The molecule has 1 amide bonds. The lowest BCUT2D eigenvalue weighted by molar-refractivity contribution is -0.123. The van der Waals surface area contributed by atoms with E-state index < -0.39 is 0 Å². The van der Waals surface area contributed by atoms with Gasteiger partial charge in [-0.05, 0) is 30.7 Å². The summed E-state index contributed by atoms with van der Waals surface area (Å²) >= 11 is 0. The van der Waals surface area contributed by atoms with Gasteiger partial charge in [0.05, 0.1) is 13.4 Å². The number of methoxy groups -OCH3 is 1. The smallest absolute Gasteiger partial charge is 0.257 e. The molecule has 2 aromatic rings. The molecule has 2 rings (SSSR count). The largest absolute Gasteiger partial charge is 1.00 e. The maximum Gasteiger partial charge on any atom is 0.257 e. The third kappa shape index (κ3) is 6.05. The molecule has 6 nitrogen and oxygen atoms in total. The molecule has 0 fully saturated rings. The molecule has 120 valence electrons. The van der Waals surface area contributed by atoms with Gasteiger partial charge < -0.3 is 31.8 Å². The number of ether oxygens (including phenoxy) is 2. The van der Waals surface area contributed by atoms with Crippen molar-refractivity contribution in [2.24, 2.45) is 0 Å². The number of benzene rings is 1. The van der Waals surface area contributed by atoms with E-state index >= 15 is 0 Å². The number of hydrogen-bond donors (Lipinski definition) is 1. The Balaban J connectivity index is 0.00000242. The van der Waals surface area contributed by atoms with E-state index in [1.54, 1.807) is 43.9 Å². The van der Waals surface area contributed by atoms with Crippen LogP contribution in [0.5, 0.6) is 11.5 Å². The number of carbonyl (C=O) groups is 1. The molecular weight excluding hydrogens is 306 g/mol. The number of hydrogen-bond acceptors (Lipinski definition) is 4. The van der Waals surface area contributed by atoms with E-state index in [1.807, 2.05) is 10.8 Å². The summed E-state index contributed by atoms with van der Waals surface area (Å²) in [4.78, 5) is 15.6. The average molecular weight is 325 g/mol. The Morgan fingerprint density at radius 3 is 2.64 bits per heavy atom. The van der Waals surface area contributed by atoms with E-state index in [-0.39, 0.29) is 24.9 Å². The van der Waals surface area contributed by atoms with Crippen LogP contribution in [0, 0.1) is 0 Å². The molecule has 1 aromatic heterocycles. The van der Waals surface area contributed by atoms with Crippen LogP contribution in [0.3, 0.4) is 0 Å². The summed E-state index contributed by atoms with van der Waals surface area (Å²) in [5.41, 5.74) is 0. The molecule has 1 N–H and O–H groups in total. The summed E-state index contributed by atoms with van der Waals surface area (Å²) in [6.07, 6.45) is 6.25. The number of aromatic nitrogens is 2. The maximum absolute atomic E-state index is 11.6. The summed E-state index contributed by atoms with van der Waals surface area (Å²) in [5, 5.41) is 2.82. The number of amides is 1. The van der Waals surface area contributed by atoms with E-state index in [4.69, 9.17) is 9.47 Å². The van der Waals surface area contributed by atoms with Crippen molar-refractivity contribution >= 4 is 5.91 Å². The lowest BCUT2D eigenvalue weighted by Gasteiger charge is -2.08. The second kappa shape index (κ2) is 9.68. The van der Waals surface area contributed by atoms with Crippen molar-refractivity contribution in [2.75, 3.05) is 20.3 Å². The standard InChI is InChI=1S/C15H19N3O3.ClH/c1-20-13-3-5-14(6-4-13)21-11-15(19)17-7-2-9-18-10-8-16-12-18;/h3-6,8,10,12H,2,7,9,11H2,1H3,(H,17,19);1H/p-1. The summed E-state index contributed by atoms with van der Waals surface area (Å²) in [5.74, 6) is 1.27. The molecule has 1 heterocycles. The summed E-state index contributed by atoms with van der Waals surface area (Å²) in [6.45, 7) is 1.46. The number of rotatable bonds is 8. The molecule has 22 heavy (non-hydrogen) atoms. The quantitative estimate of drug-likeness (QED) is 0.599. The van der Waals surface area contributed by atoms with Gasteiger partial charge in [-0.15, -0.1) is 0 Å². The van der Waals surface area contributed by atoms with Crippen LogP contribution in [0.15, 0.2) is 43.0 Å². The molecule has 0 saturated carbocycles. The predicted octanol–water partition coefficient (Wildman–Crippen LogP) is -1.52. The predicted molar refractivity (Wildman–Crippen MR) is 78.3 cm³/mol. The highest BCUT2D eigenvalue weighted by Gasteiger charge is 2.02. The summed E-state index contributed by atoms with van der Waals surface area (Å²) in [6, 6.07) is 7.12. The van der Waals surface area contributed by atoms with E-state index in [1.165, 1.54) is 0 Å². The minimum Gasteiger partial charge on any atom is -1.00 e. The molecule has 7 heteroatoms. The third-order valence-corrected chi connectivity index (χ3v) is 2.90. The second-order valence-corrected chi connectivity index (χ2v) is 4.47. The highest BCUT2D eigenvalue weighted by Crippen LogP contribution is 2.16. The zero-order valence-electron chi connectivity index (χ0n) is 12.4. The molecule has 0 aliphatic rings. The first-order chi connectivity index (χ1) is 10.3. The van der Waals surface area contributed by atoms with Gasteiger partial charge in [0.1, 0.15) is 11.5 Å². The number of aryl methyl sites for hydroxylation is 1. The lowest BCUT2D eigenvalue weighted by Crippen LogP contribution is -3.00. The van der Waals surface area contributed by atoms with E-state index in [0.717, 1.165) is 18.7 Å². The van der Waals surface area contributed by atoms with Gasteiger partial charge in [0.2, 0.25) is 0 Å². The van der Waals surface area contributed by atoms with Gasteiger partial charge in [0.15, 0.2) is 6.61 Å². The van der Waals surface area contributed by atoms with Gasteiger partial charge in [-0.25, -0.2) is 4.98 Å². The molecule has 0 aliphatic heterocycles. The van der Waals surface area contributed by atoms with Crippen LogP contribution < -0.4 is 27.2 Å². The van der Waals surface area contributed by atoms with Crippen molar-refractivity contribution in [3.8, 4) is 11.5 Å². The number of nitrogens with one attached hydrogen (secondary N) is 1. The lowest BCUT2D eigenvalue weighted by atomic mass is 10.3. The highest BCUT2D eigenvalue weighted by atomic mass is 35.5. The van der Waals surface area contributed by atoms with E-state index in [0.29, 0.717) is 12.3 Å². The number of nitrogens with zero attached hydrogens (tertiary/aromatic N) is 2. The highest BCUT2D eigenvalue weighted by molar-refractivity contribution is 5.77. The molecule has 0 spiro atoms. The fourth-order valence-corrected chi connectivity index (χ4v) is 1.78. The van der Waals surface area contributed by atoms with Crippen LogP contribution in [0.25, 0.3) is 0 Å². The van der Waals surface area contributed by atoms with Crippen molar-refractivity contribution in [3.05, 3.63) is 43.0 Å². The SMILES string of the molecule is COc1ccc(OCC(=O)NCCCn2ccnc2)cc1.[Cl-]. The van der Waals surface area contributed by atoms with Crippen LogP contribution in [-0.2, 0) is 11.3 Å². The van der Waals surface area contributed by atoms with Crippen molar-refractivity contribution in [1.29, 1.82) is 0 Å². The number of halogens is 1. The van der Waals surface area contributed by atoms with Crippen LogP contribution in [0.1, 0.15) is 6.42 Å². The average Bonchev–Trinajstić information content (AvgIpc) is 3.03.